The van der Waals surface area contributed by atoms with Gasteiger partial charge in [0.25, 0.3) is 0 Å². The number of hydrogen-bond donors (Lipinski definition) is 1. The van der Waals surface area contributed by atoms with E-state index in [1.54, 1.807) is 7.11 Å². The molecule has 2 aliphatic rings. The molecule has 1 saturated heterocycles. The maximum absolute atomic E-state index is 5.85. The van der Waals surface area contributed by atoms with E-state index in [1.807, 2.05) is 0 Å². The van der Waals surface area contributed by atoms with Gasteiger partial charge in [0.05, 0.1) is 12.7 Å². The molecule has 1 aliphatic heterocycles. The Morgan fingerprint density at radius 3 is 3.11 bits per heavy atom. The van der Waals surface area contributed by atoms with Crippen LogP contribution >= 0.6 is 0 Å². The summed E-state index contributed by atoms with van der Waals surface area (Å²) in [6.45, 7) is 4.07. The smallest absolute Gasteiger partial charge is 0.119 e. The number of aryl methyl sites for hydroxylation is 1. The van der Waals surface area contributed by atoms with E-state index in [4.69, 9.17) is 9.47 Å². The Labute approximate surface area is 115 Å². The number of rotatable bonds is 4. The van der Waals surface area contributed by atoms with Crippen molar-refractivity contribution >= 4 is 0 Å². The molecule has 2 atom stereocenters. The van der Waals surface area contributed by atoms with Crippen molar-refractivity contribution in [3.8, 4) is 5.75 Å². The molecule has 1 heterocycles. The van der Waals surface area contributed by atoms with Crippen molar-refractivity contribution in [3.05, 3.63) is 29.3 Å². The topological polar surface area (TPSA) is 30.5 Å². The lowest BCUT2D eigenvalue weighted by molar-refractivity contribution is 0.0187. The molecular weight excluding hydrogens is 238 g/mol. The molecule has 2 unspecified atom stereocenters. The van der Waals surface area contributed by atoms with Crippen LogP contribution in [-0.4, -0.2) is 25.9 Å². The molecule has 3 rings (SSSR count). The van der Waals surface area contributed by atoms with Crippen molar-refractivity contribution in [1.82, 2.24) is 5.32 Å². The van der Waals surface area contributed by atoms with Gasteiger partial charge in [0, 0.05) is 19.2 Å². The molecule has 1 aromatic carbocycles. The average molecular weight is 261 g/mol. The Kier molecular flexibility index (Phi) is 3.50. The predicted molar refractivity (Wildman–Crippen MR) is 75.6 cm³/mol. The Bertz CT molecular complexity index is 452. The summed E-state index contributed by atoms with van der Waals surface area (Å²) >= 11 is 0. The van der Waals surface area contributed by atoms with E-state index < -0.39 is 0 Å². The van der Waals surface area contributed by atoms with Crippen molar-refractivity contribution in [2.24, 2.45) is 0 Å². The van der Waals surface area contributed by atoms with Gasteiger partial charge in [0.2, 0.25) is 0 Å². The first-order valence-electron chi connectivity index (χ1n) is 7.24. The van der Waals surface area contributed by atoms with Gasteiger partial charge in [-0.25, -0.2) is 0 Å². The van der Waals surface area contributed by atoms with Gasteiger partial charge in [-0.1, -0.05) is 6.07 Å². The van der Waals surface area contributed by atoms with Gasteiger partial charge in [-0.3, -0.25) is 0 Å². The average Bonchev–Trinajstić information content (AvgIpc) is 3.03. The van der Waals surface area contributed by atoms with Gasteiger partial charge in [0.15, 0.2) is 0 Å². The number of hydrogen-bond acceptors (Lipinski definition) is 3. The predicted octanol–water partition coefficient (Wildman–Crippen LogP) is 2.84. The number of benzene rings is 1. The minimum Gasteiger partial charge on any atom is -0.497 e. The molecule has 1 fully saturated rings. The molecule has 0 radical (unpaired) electrons. The largest absolute Gasteiger partial charge is 0.497 e. The lowest BCUT2D eigenvalue weighted by Crippen LogP contribution is -2.38. The van der Waals surface area contributed by atoms with E-state index >= 15 is 0 Å². The summed E-state index contributed by atoms with van der Waals surface area (Å²) in [5.41, 5.74) is 2.89. The zero-order chi connectivity index (χ0) is 13.3. The van der Waals surface area contributed by atoms with Gasteiger partial charge >= 0.3 is 0 Å². The second-order valence-corrected chi connectivity index (χ2v) is 5.94. The Morgan fingerprint density at radius 1 is 1.47 bits per heavy atom. The zero-order valence-electron chi connectivity index (χ0n) is 11.9. The molecule has 0 spiro atoms. The van der Waals surface area contributed by atoms with Gasteiger partial charge in [-0.2, -0.15) is 0 Å². The van der Waals surface area contributed by atoms with Crippen LogP contribution < -0.4 is 10.1 Å². The van der Waals surface area contributed by atoms with E-state index in [0.29, 0.717) is 6.04 Å². The molecule has 0 aromatic heterocycles. The maximum Gasteiger partial charge on any atom is 0.119 e. The highest BCUT2D eigenvalue weighted by Gasteiger charge is 2.31. The fraction of sp³-hybridized carbons (Fsp3) is 0.625. The third-order valence-electron chi connectivity index (χ3n) is 4.45. The number of nitrogens with one attached hydrogen (secondary N) is 1. The van der Waals surface area contributed by atoms with Crippen LogP contribution in [0.5, 0.6) is 5.75 Å². The van der Waals surface area contributed by atoms with Gasteiger partial charge < -0.3 is 14.8 Å². The van der Waals surface area contributed by atoms with Crippen molar-refractivity contribution in [2.75, 3.05) is 20.3 Å². The van der Waals surface area contributed by atoms with Gasteiger partial charge in [-0.15, -0.1) is 0 Å². The first-order chi connectivity index (χ1) is 9.20. The SMILES string of the molecule is COc1ccc2c(c1)C(NCC1(C)CCCO1)CC2. The highest BCUT2D eigenvalue weighted by atomic mass is 16.5. The third kappa shape index (κ3) is 2.63. The summed E-state index contributed by atoms with van der Waals surface area (Å²) in [6, 6.07) is 6.88. The summed E-state index contributed by atoms with van der Waals surface area (Å²) in [7, 11) is 1.73. The number of fused-ring (bicyclic) bond motifs is 1. The molecular formula is C16H23NO2. The summed E-state index contributed by atoms with van der Waals surface area (Å²) in [4.78, 5) is 0. The van der Waals surface area contributed by atoms with E-state index in [-0.39, 0.29) is 5.60 Å². The minimum absolute atomic E-state index is 0.0294. The number of ether oxygens (including phenoxy) is 2. The van der Waals surface area contributed by atoms with Crippen LogP contribution in [0.15, 0.2) is 18.2 Å². The second kappa shape index (κ2) is 5.14. The quantitative estimate of drug-likeness (QED) is 0.904. The first kappa shape index (κ1) is 12.9. The molecule has 3 heteroatoms. The van der Waals surface area contributed by atoms with Crippen LogP contribution in [-0.2, 0) is 11.2 Å². The van der Waals surface area contributed by atoms with Gasteiger partial charge in [-0.05, 0) is 55.9 Å². The summed E-state index contributed by atoms with van der Waals surface area (Å²) in [5, 5.41) is 3.69. The van der Waals surface area contributed by atoms with Gasteiger partial charge in [0.1, 0.15) is 5.75 Å². The van der Waals surface area contributed by atoms with Crippen molar-refractivity contribution in [1.29, 1.82) is 0 Å². The minimum atomic E-state index is 0.0294. The molecule has 104 valence electrons. The van der Waals surface area contributed by atoms with Crippen LogP contribution in [0.25, 0.3) is 0 Å². The zero-order valence-corrected chi connectivity index (χ0v) is 11.9. The Balaban J connectivity index is 1.68. The lowest BCUT2D eigenvalue weighted by atomic mass is 10.0. The van der Waals surface area contributed by atoms with E-state index in [0.717, 1.165) is 31.7 Å². The van der Waals surface area contributed by atoms with E-state index in [2.05, 4.69) is 30.4 Å². The molecule has 0 bridgehead atoms. The standard InChI is InChI=1S/C16H23NO2/c1-16(8-3-9-19-16)11-17-15-7-5-12-4-6-13(18-2)10-14(12)15/h4,6,10,15,17H,3,5,7-9,11H2,1-2H3. The molecule has 3 nitrogen and oxygen atoms in total. The lowest BCUT2D eigenvalue weighted by Gasteiger charge is -2.26. The molecule has 0 amide bonds. The fourth-order valence-corrected chi connectivity index (χ4v) is 3.23. The third-order valence-corrected chi connectivity index (χ3v) is 4.45. The van der Waals surface area contributed by atoms with Crippen LogP contribution in [0.4, 0.5) is 0 Å². The Hall–Kier alpha value is -1.06. The van der Waals surface area contributed by atoms with Crippen molar-refractivity contribution in [2.45, 2.75) is 44.2 Å². The van der Waals surface area contributed by atoms with Crippen molar-refractivity contribution < 1.29 is 9.47 Å². The molecule has 1 N–H and O–H groups in total. The van der Waals surface area contributed by atoms with Crippen LogP contribution in [0.3, 0.4) is 0 Å². The highest BCUT2D eigenvalue weighted by Crippen LogP contribution is 2.34. The maximum atomic E-state index is 5.85. The Morgan fingerprint density at radius 2 is 2.37 bits per heavy atom. The van der Waals surface area contributed by atoms with E-state index in [1.165, 1.54) is 24.0 Å². The monoisotopic (exact) mass is 261 g/mol. The normalized spacial score (nSPS) is 29.5. The molecule has 0 saturated carbocycles. The summed E-state index contributed by atoms with van der Waals surface area (Å²) in [5.74, 6) is 0.954. The van der Waals surface area contributed by atoms with Crippen LogP contribution in [0.2, 0.25) is 0 Å². The number of methoxy groups -OCH3 is 1. The molecule has 1 aromatic rings. The molecule has 19 heavy (non-hydrogen) atoms. The fourth-order valence-electron chi connectivity index (χ4n) is 3.23. The summed E-state index contributed by atoms with van der Waals surface area (Å²) in [6.07, 6.45) is 4.69. The van der Waals surface area contributed by atoms with Crippen molar-refractivity contribution in [3.63, 3.8) is 0 Å². The first-order valence-corrected chi connectivity index (χ1v) is 7.24. The van der Waals surface area contributed by atoms with E-state index in [9.17, 15) is 0 Å². The van der Waals surface area contributed by atoms with Crippen LogP contribution in [0, 0.1) is 0 Å². The highest BCUT2D eigenvalue weighted by molar-refractivity contribution is 5.40. The van der Waals surface area contributed by atoms with Crippen LogP contribution in [0.1, 0.15) is 43.4 Å². The molecule has 1 aliphatic carbocycles. The summed E-state index contributed by atoms with van der Waals surface area (Å²) < 4.78 is 11.2. The second-order valence-electron chi connectivity index (χ2n) is 5.94.